The highest BCUT2D eigenvalue weighted by molar-refractivity contribution is 8.04. The molecule has 0 aliphatic carbocycles. The summed E-state index contributed by atoms with van der Waals surface area (Å²) in [4.78, 5) is 14.5. The van der Waals surface area contributed by atoms with Crippen LogP contribution in [-0.2, 0) is 4.79 Å². The molecule has 1 heterocycles. The van der Waals surface area contributed by atoms with Crippen LogP contribution in [0.2, 0.25) is 0 Å². The largest absolute Gasteiger partial charge is 0.399 e. The number of likely N-dealkylation sites (N-methyl/N-ethyl adjacent to an activating group) is 1. The molecule has 0 saturated carbocycles. The molecule has 0 spiro atoms. The van der Waals surface area contributed by atoms with Gasteiger partial charge in [0.2, 0.25) is 0 Å². The monoisotopic (exact) mass is 277 g/mol. The lowest BCUT2D eigenvalue weighted by molar-refractivity contribution is -0.113. The molecule has 1 aliphatic heterocycles. The summed E-state index contributed by atoms with van der Waals surface area (Å²) in [5.41, 5.74) is 8.51. The smallest absolute Gasteiger partial charge is 0.167 e. The Balaban J connectivity index is 1.95. The van der Waals surface area contributed by atoms with Gasteiger partial charge in [0.1, 0.15) is 0 Å². The number of carbonyl (C=O) groups excluding carboxylic acids is 1. The van der Waals surface area contributed by atoms with Crippen molar-refractivity contribution in [2.75, 3.05) is 24.6 Å². The minimum atomic E-state index is 0.143. The number of benzene rings is 1. The molecule has 3 N–H and O–H groups in total. The van der Waals surface area contributed by atoms with Crippen LogP contribution in [0.4, 0.5) is 11.4 Å². The number of Topliss-reactive ketones (excluding diaryl/α,β-unsaturated/α-hetero) is 1. The Bertz CT molecular complexity index is 510. The standard InChI is InChI=1S/C14H19N3OS/c1-9-14(10(2)18)19-13(17(9)3)8-16-12-6-4-11(15)5-7-12/h4-7,13,16H,8,15H2,1-3H3. The van der Waals surface area contributed by atoms with Crippen LogP contribution in [0.1, 0.15) is 13.8 Å². The zero-order valence-electron chi connectivity index (χ0n) is 11.4. The molecule has 1 atom stereocenters. The van der Waals surface area contributed by atoms with Crippen LogP contribution in [0.25, 0.3) is 0 Å². The number of ketones is 1. The highest BCUT2D eigenvalue weighted by Crippen LogP contribution is 2.37. The molecule has 1 unspecified atom stereocenters. The summed E-state index contributed by atoms with van der Waals surface area (Å²) >= 11 is 1.63. The van der Waals surface area contributed by atoms with Crippen molar-refractivity contribution in [3.63, 3.8) is 0 Å². The second kappa shape index (κ2) is 5.57. The predicted octanol–water partition coefficient (Wildman–Crippen LogP) is 2.51. The highest BCUT2D eigenvalue weighted by Gasteiger charge is 2.29. The lowest BCUT2D eigenvalue weighted by Gasteiger charge is -2.23. The number of nitrogens with zero attached hydrogens (tertiary/aromatic N) is 1. The molecular formula is C14H19N3OS. The van der Waals surface area contributed by atoms with Gasteiger partial charge in [-0.1, -0.05) is 11.8 Å². The third kappa shape index (κ3) is 3.04. The van der Waals surface area contributed by atoms with E-state index >= 15 is 0 Å². The Morgan fingerprint density at radius 3 is 2.58 bits per heavy atom. The van der Waals surface area contributed by atoms with E-state index in [0.29, 0.717) is 0 Å². The lowest BCUT2D eigenvalue weighted by Crippen LogP contribution is -2.29. The van der Waals surface area contributed by atoms with Crippen molar-refractivity contribution < 1.29 is 4.79 Å². The third-order valence-electron chi connectivity index (χ3n) is 3.25. The van der Waals surface area contributed by atoms with E-state index in [-0.39, 0.29) is 11.2 Å². The van der Waals surface area contributed by atoms with Crippen LogP contribution in [0.5, 0.6) is 0 Å². The molecule has 102 valence electrons. The summed E-state index contributed by atoms with van der Waals surface area (Å²) in [5, 5.41) is 3.61. The minimum absolute atomic E-state index is 0.143. The maximum Gasteiger partial charge on any atom is 0.167 e. The average molecular weight is 277 g/mol. The first kappa shape index (κ1) is 13.8. The summed E-state index contributed by atoms with van der Waals surface area (Å²) in [6, 6.07) is 7.67. The molecule has 1 aromatic rings. The molecule has 0 radical (unpaired) electrons. The van der Waals surface area contributed by atoms with Crippen molar-refractivity contribution in [3.8, 4) is 0 Å². The Kier molecular flexibility index (Phi) is 4.04. The van der Waals surface area contributed by atoms with Crippen LogP contribution in [0.15, 0.2) is 34.9 Å². The van der Waals surface area contributed by atoms with Gasteiger partial charge in [0, 0.05) is 30.7 Å². The van der Waals surface area contributed by atoms with Crippen LogP contribution in [-0.4, -0.2) is 29.6 Å². The van der Waals surface area contributed by atoms with Crippen molar-refractivity contribution in [3.05, 3.63) is 34.9 Å². The quantitative estimate of drug-likeness (QED) is 0.828. The molecule has 0 bridgehead atoms. The predicted molar refractivity (Wildman–Crippen MR) is 81.9 cm³/mol. The van der Waals surface area contributed by atoms with Gasteiger partial charge in [0.15, 0.2) is 5.78 Å². The Morgan fingerprint density at radius 1 is 1.42 bits per heavy atom. The number of nitrogen functional groups attached to an aromatic ring is 1. The topological polar surface area (TPSA) is 58.4 Å². The number of nitrogens with one attached hydrogen (secondary N) is 1. The fourth-order valence-corrected chi connectivity index (χ4v) is 3.23. The fraction of sp³-hybridized carbons (Fsp3) is 0.357. The van der Waals surface area contributed by atoms with Gasteiger partial charge < -0.3 is 16.0 Å². The first-order valence-electron chi connectivity index (χ1n) is 6.19. The zero-order valence-corrected chi connectivity index (χ0v) is 12.3. The number of carbonyl (C=O) groups is 1. The SMILES string of the molecule is CC(=O)C1=C(C)N(C)C(CNc2ccc(N)cc2)S1. The number of anilines is 2. The van der Waals surface area contributed by atoms with Crippen molar-refractivity contribution in [2.24, 2.45) is 0 Å². The Morgan fingerprint density at radius 2 is 2.05 bits per heavy atom. The van der Waals surface area contributed by atoms with E-state index in [2.05, 4.69) is 10.2 Å². The first-order chi connectivity index (χ1) is 8.99. The molecule has 1 aliphatic rings. The Labute approximate surface area is 118 Å². The lowest BCUT2D eigenvalue weighted by atomic mass is 10.3. The van der Waals surface area contributed by atoms with Gasteiger partial charge in [-0.2, -0.15) is 0 Å². The van der Waals surface area contributed by atoms with Crippen molar-refractivity contribution >= 4 is 28.9 Å². The van der Waals surface area contributed by atoms with E-state index in [1.54, 1.807) is 18.7 Å². The number of thioether (sulfide) groups is 1. The molecule has 0 fully saturated rings. The van der Waals surface area contributed by atoms with Crippen LogP contribution in [0, 0.1) is 0 Å². The molecule has 0 aromatic heterocycles. The van der Waals surface area contributed by atoms with E-state index < -0.39 is 0 Å². The number of hydrogen-bond donors (Lipinski definition) is 2. The van der Waals surface area contributed by atoms with Gasteiger partial charge in [-0.3, -0.25) is 4.79 Å². The second-order valence-corrected chi connectivity index (χ2v) is 5.85. The molecule has 1 aromatic carbocycles. The summed E-state index contributed by atoms with van der Waals surface area (Å²) in [6.45, 7) is 4.39. The molecule has 4 nitrogen and oxygen atoms in total. The number of rotatable bonds is 4. The first-order valence-corrected chi connectivity index (χ1v) is 7.07. The number of nitrogens with two attached hydrogens (primary N) is 1. The maximum absolute atomic E-state index is 11.5. The van der Waals surface area contributed by atoms with E-state index in [1.807, 2.05) is 38.2 Å². The molecule has 0 amide bonds. The number of hydrogen-bond acceptors (Lipinski definition) is 5. The molecular weight excluding hydrogens is 258 g/mol. The van der Waals surface area contributed by atoms with Gasteiger partial charge in [0.05, 0.1) is 10.3 Å². The van der Waals surface area contributed by atoms with Crippen molar-refractivity contribution in [2.45, 2.75) is 19.2 Å². The van der Waals surface area contributed by atoms with E-state index in [4.69, 9.17) is 5.73 Å². The second-order valence-electron chi connectivity index (χ2n) is 4.66. The third-order valence-corrected chi connectivity index (χ3v) is 4.83. The summed E-state index contributed by atoms with van der Waals surface area (Å²) in [7, 11) is 2.02. The fourth-order valence-electron chi connectivity index (χ4n) is 2.00. The van der Waals surface area contributed by atoms with E-state index in [0.717, 1.165) is 28.5 Å². The zero-order chi connectivity index (χ0) is 14.0. The van der Waals surface area contributed by atoms with E-state index in [9.17, 15) is 4.79 Å². The molecule has 19 heavy (non-hydrogen) atoms. The van der Waals surface area contributed by atoms with Crippen LogP contribution >= 0.6 is 11.8 Å². The van der Waals surface area contributed by atoms with Gasteiger partial charge in [0.25, 0.3) is 0 Å². The summed E-state index contributed by atoms with van der Waals surface area (Å²) < 4.78 is 0. The normalized spacial score (nSPS) is 18.9. The summed E-state index contributed by atoms with van der Waals surface area (Å²) in [5.74, 6) is 0.143. The Hall–Kier alpha value is -1.62. The summed E-state index contributed by atoms with van der Waals surface area (Å²) in [6.07, 6.45) is 0. The molecule has 0 saturated heterocycles. The number of allylic oxidation sites excluding steroid dienone is 2. The van der Waals surface area contributed by atoms with Crippen LogP contribution < -0.4 is 11.1 Å². The van der Waals surface area contributed by atoms with Gasteiger partial charge in [-0.15, -0.1) is 0 Å². The van der Waals surface area contributed by atoms with Crippen molar-refractivity contribution in [1.29, 1.82) is 0 Å². The van der Waals surface area contributed by atoms with Crippen LogP contribution in [0.3, 0.4) is 0 Å². The van der Waals surface area contributed by atoms with Gasteiger partial charge in [-0.05, 0) is 38.1 Å². The van der Waals surface area contributed by atoms with Gasteiger partial charge in [-0.25, -0.2) is 0 Å². The average Bonchev–Trinajstić information content (AvgIpc) is 2.66. The van der Waals surface area contributed by atoms with Gasteiger partial charge >= 0.3 is 0 Å². The van der Waals surface area contributed by atoms with E-state index in [1.165, 1.54) is 0 Å². The molecule has 2 rings (SSSR count). The minimum Gasteiger partial charge on any atom is -0.399 e. The molecule has 5 heteroatoms. The van der Waals surface area contributed by atoms with Crippen molar-refractivity contribution in [1.82, 2.24) is 4.90 Å². The maximum atomic E-state index is 11.5. The highest BCUT2D eigenvalue weighted by atomic mass is 32.2.